The minimum Gasteiger partial charge on any atom is -0.448 e. The van der Waals surface area contributed by atoms with Gasteiger partial charge in [0.2, 0.25) is 0 Å². The quantitative estimate of drug-likeness (QED) is 0.879. The van der Waals surface area contributed by atoms with E-state index in [1.807, 2.05) is 25.2 Å². The molecule has 2 aliphatic rings. The molecule has 1 heterocycles. The Balaban J connectivity index is 1.79. The first-order chi connectivity index (χ1) is 9.22. The lowest BCUT2D eigenvalue weighted by Gasteiger charge is -2.31. The number of aliphatic hydroxyl groups excluding tert-OH is 1. The molecular formula is C15H21NO3. The van der Waals surface area contributed by atoms with Crippen LogP contribution in [0.2, 0.25) is 0 Å². The van der Waals surface area contributed by atoms with Crippen molar-refractivity contribution in [3.05, 3.63) is 23.8 Å². The molecule has 0 radical (unpaired) electrons. The zero-order valence-corrected chi connectivity index (χ0v) is 11.3. The van der Waals surface area contributed by atoms with Crippen LogP contribution in [0.15, 0.2) is 18.2 Å². The van der Waals surface area contributed by atoms with Crippen LogP contribution in [-0.2, 0) is 0 Å². The number of benzene rings is 1. The summed E-state index contributed by atoms with van der Waals surface area (Å²) in [4.78, 5) is 0. The van der Waals surface area contributed by atoms with Gasteiger partial charge in [-0.3, -0.25) is 0 Å². The molecule has 1 aromatic carbocycles. The Hall–Kier alpha value is -1.26. The number of ether oxygens (including phenoxy) is 2. The van der Waals surface area contributed by atoms with Crippen molar-refractivity contribution >= 4 is 0 Å². The van der Waals surface area contributed by atoms with Gasteiger partial charge in [-0.05, 0) is 37.6 Å². The first-order valence-electron chi connectivity index (χ1n) is 7.07. The topological polar surface area (TPSA) is 50.7 Å². The van der Waals surface area contributed by atoms with Crippen molar-refractivity contribution in [2.75, 3.05) is 13.6 Å². The molecule has 19 heavy (non-hydrogen) atoms. The molecule has 1 atom stereocenters. The lowest BCUT2D eigenvalue weighted by atomic mass is 9.94. The van der Waals surface area contributed by atoms with Gasteiger partial charge < -0.3 is 19.9 Å². The summed E-state index contributed by atoms with van der Waals surface area (Å²) in [6, 6.07) is 5.72. The predicted octanol–water partition coefficient (Wildman–Crippen LogP) is 2.37. The third-order valence-electron chi connectivity index (χ3n) is 3.96. The van der Waals surface area contributed by atoms with E-state index >= 15 is 0 Å². The third-order valence-corrected chi connectivity index (χ3v) is 3.96. The van der Waals surface area contributed by atoms with E-state index in [4.69, 9.17) is 9.47 Å². The third kappa shape index (κ3) is 2.42. The predicted molar refractivity (Wildman–Crippen MR) is 72.4 cm³/mol. The number of fused-ring (bicyclic) bond motifs is 1. The number of nitrogens with one attached hydrogen (secondary N) is 1. The monoisotopic (exact) mass is 263 g/mol. The average molecular weight is 263 g/mol. The summed E-state index contributed by atoms with van der Waals surface area (Å²) in [5.74, 6) is 1.14. The van der Waals surface area contributed by atoms with Crippen molar-refractivity contribution < 1.29 is 14.6 Å². The highest BCUT2D eigenvalue weighted by Gasteiger charge is 2.42. The maximum atomic E-state index is 9.99. The lowest BCUT2D eigenvalue weighted by Crippen LogP contribution is -2.40. The number of hydrogen-bond donors (Lipinski definition) is 2. The Morgan fingerprint density at radius 1 is 1.21 bits per heavy atom. The molecule has 1 aliphatic carbocycles. The van der Waals surface area contributed by atoms with E-state index in [1.165, 1.54) is 6.42 Å². The molecule has 0 amide bonds. The summed E-state index contributed by atoms with van der Waals surface area (Å²) < 4.78 is 12.1. The van der Waals surface area contributed by atoms with Gasteiger partial charge in [0, 0.05) is 19.4 Å². The summed E-state index contributed by atoms with van der Waals surface area (Å²) in [5.41, 5.74) is 0.865. The van der Waals surface area contributed by atoms with E-state index in [9.17, 15) is 5.11 Å². The molecule has 0 saturated heterocycles. The molecule has 2 N–H and O–H groups in total. The molecule has 3 rings (SSSR count). The van der Waals surface area contributed by atoms with Crippen LogP contribution in [0.4, 0.5) is 0 Å². The second-order valence-corrected chi connectivity index (χ2v) is 5.46. The molecule has 104 valence electrons. The standard InChI is InChI=1S/C15H21NO3/c1-16-10-12(17)11-5-6-13-14(9-11)19-15(18-13)7-3-2-4-8-15/h5-6,9,12,16-17H,2-4,7-8,10H2,1H3. The van der Waals surface area contributed by atoms with Gasteiger partial charge in [-0.15, -0.1) is 0 Å². The molecule has 4 nitrogen and oxygen atoms in total. The van der Waals surface area contributed by atoms with Crippen LogP contribution in [0.3, 0.4) is 0 Å². The Bertz CT molecular complexity index is 455. The van der Waals surface area contributed by atoms with Crippen molar-refractivity contribution in [2.24, 2.45) is 0 Å². The first kappa shape index (κ1) is 12.8. The number of aliphatic hydroxyl groups is 1. The van der Waals surface area contributed by atoms with Crippen LogP contribution in [-0.4, -0.2) is 24.5 Å². The molecule has 1 fully saturated rings. The fourth-order valence-electron chi connectivity index (χ4n) is 2.92. The van der Waals surface area contributed by atoms with Crippen LogP contribution >= 0.6 is 0 Å². The minimum atomic E-state index is -0.512. The van der Waals surface area contributed by atoms with Gasteiger partial charge in [0.1, 0.15) is 0 Å². The highest BCUT2D eigenvalue weighted by Crippen LogP contribution is 2.46. The molecule has 1 unspecified atom stereocenters. The summed E-state index contributed by atoms with van der Waals surface area (Å²) in [7, 11) is 1.83. The van der Waals surface area contributed by atoms with Gasteiger partial charge in [-0.25, -0.2) is 0 Å². The van der Waals surface area contributed by atoms with Crippen LogP contribution < -0.4 is 14.8 Å². The van der Waals surface area contributed by atoms with E-state index in [1.54, 1.807) is 0 Å². The molecule has 0 aromatic heterocycles. The van der Waals surface area contributed by atoms with Gasteiger partial charge in [0.25, 0.3) is 5.79 Å². The number of rotatable bonds is 3. The van der Waals surface area contributed by atoms with Crippen molar-refractivity contribution in [1.82, 2.24) is 5.32 Å². The fourth-order valence-corrected chi connectivity index (χ4v) is 2.92. The average Bonchev–Trinajstić information content (AvgIpc) is 2.76. The van der Waals surface area contributed by atoms with Gasteiger partial charge in [-0.2, -0.15) is 0 Å². The Labute approximate surface area is 113 Å². The Morgan fingerprint density at radius 2 is 1.95 bits per heavy atom. The molecule has 4 heteroatoms. The molecular weight excluding hydrogens is 242 g/mol. The van der Waals surface area contributed by atoms with Gasteiger partial charge in [0.15, 0.2) is 11.5 Å². The van der Waals surface area contributed by atoms with E-state index < -0.39 is 11.9 Å². The van der Waals surface area contributed by atoms with Gasteiger partial charge in [0.05, 0.1) is 6.10 Å². The van der Waals surface area contributed by atoms with Crippen LogP contribution in [0.1, 0.15) is 43.8 Å². The van der Waals surface area contributed by atoms with E-state index in [0.29, 0.717) is 6.54 Å². The van der Waals surface area contributed by atoms with Crippen molar-refractivity contribution in [3.8, 4) is 11.5 Å². The second-order valence-electron chi connectivity index (χ2n) is 5.46. The smallest absolute Gasteiger partial charge is 0.251 e. The molecule has 0 bridgehead atoms. The van der Waals surface area contributed by atoms with Crippen molar-refractivity contribution in [1.29, 1.82) is 0 Å². The van der Waals surface area contributed by atoms with Crippen LogP contribution in [0.25, 0.3) is 0 Å². The minimum absolute atomic E-state index is 0.437. The highest BCUT2D eigenvalue weighted by atomic mass is 16.7. The second kappa shape index (κ2) is 5.02. The largest absolute Gasteiger partial charge is 0.448 e. The van der Waals surface area contributed by atoms with Gasteiger partial charge in [-0.1, -0.05) is 12.5 Å². The molecule has 1 aromatic rings. The maximum absolute atomic E-state index is 9.99. The summed E-state index contributed by atoms with van der Waals surface area (Å²) in [6.45, 7) is 0.533. The molecule has 1 aliphatic heterocycles. The zero-order chi connectivity index (χ0) is 13.3. The van der Waals surface area contributed by atoms with Crippen LogP contribution in [0, 0.1) is 0 Å². The van der Waals surface area contributed by atoms with E-state index in [0.717, 1.165) is 42.7 Å². The van der Waals surface area contributed by atoms with Crippen molar-refractivity contribution in [2.45, 2.75) is 44.0 Å². The molecule has 1 saturated carbocycles. The lowest BCUT2D eigenvalue weighted by molar-refractivity contribution is -0.105. The summed E-state index contributed by atoms with van der Waals surface area (Å²) in [5, 5.41) is 13.0. The Morgan fingerprint density at radius 3 is 2.68 bits per heavy atom. The highest BCUT2D eigenvalue weighted by molar-refractivity contribution is 5.46. The van der Waals surface area contributed by atoms with Gasteiger partial charge >= 0.3 is 0 Å². The maximum Gasteiger partial charge on any atom is 0.251 e. The number of hydrogen-bond acceptors (Lipinski definition) is 4. The first-order valence-corrected chi connectivity index (χ1v) is 7.07. The normalized spacial score (nSPS) is 21.6. The number of likely N-dealkylation sites (N-methyl/N-ethyl adjacent to an activating group) is 1. The Kier molecular flexibility index (Phi) is 3.37. The summed E-state index contributed by atoms with van der Waals surface area (Å²) in [6.07, 6.45) is 4.97. The fraction of sp³-hybridized carbons (Fsp3) is 0.600. The molecule has 1 spiro atoms. The van der Waals surface area contributed by atoms with E-state index in [-0.39, 0.29) is 0 Å². The zero-order valence-electron chi connectivity index (χ0n) is 11.3. The van der Waals surface area contributed by atoms with Crippen LogP contribution in [0.5, 0.6) is 11.5 Å². The van der Waals surface area contributed by atoms with E-state index in [2.05, 4.69) is 5.32 Å². The van der Waals surface area contributed by atoms with Crippen molar-refractivity contribution in [3.63, 3.8) is 0 Å². The SMILES string of the molecule is CNCC(O)c1ccc2c(c1)OC1(CCCCC1)O2. The summed E-state index contributed by atoms with van der Waals surface area (Å²) >= 11 is 0.